The van der Waals surface area contributed by atoms with E-state index in [1.165, 1.54) is 16.4 Å². The average molecular weight is 363 g/mol. The van der Waals surface area contributed by atoms with E-state index in [0.717, 1.165) is 36.6 Å². The van der Waals surface area contributed by atoms with Crippen LogP contribution in [0.1, 0.15) is 44.6 Å². The Morgan fingerprint density at radius 3 is 2.68 bits per heavy atom. The molecule has 0 amide bonds. The van der Waals surface area contributed by atoms with Gasteiger partial charge < -0.3 is 9.64 Å². The molecule has 1 atom stereocenters. The van der Waals surface area contributed by atoms with E-state index in [9.17, 15) is 0 Å². The minimum Gasteiger partial charge on any atom is -0.496 e. The summed E-state index contributed by atoms with van der Waals surface area (Å²) >= 11 is 2.02. The molecule has 1 aromatic heterocycles. The molecule has 0 saturated carbocycles. The predicted octanol–water partition coefficient (Wildman–Crippen LogP) is 1.55. The van der Waals surface area contributed by atoms with Gasteiger partial charge in [0.1, 0.15) is 5.75 Å². The van der Waals surface area contributed by atoms with Crippen LogP contribution < -0.4 is 9.64 Å². The molecule has 0 bridgehead atoms. The van der Waals surface area contributed by atoms with E-state index in [0.29, 0.717) is 0 Å². The fourth-order valence-corrected chi connectivity index (χ4v) is 4.34. The van der Waals surface area contributed by atoms with Crippen LogP contribution in [0.3, 0.4) is 0 Å². The maximum atomic E-state index is 5.67. The zero-order chi connectivity index (χ0) is 17.9. The van der Waals surface area contributed by atoms with E-state index >= 15 is 0 Å². The third-order valence-electron chi connectivity index (χ3n) is 5.18. The van der Waals surface area contributed by atoms with Crippen molar-refractivity contribution in [3.8, 4) is 5.75 Å². The van der Waals surface area contributed by atoms with Gasteiger partial charge in [-0.25, -0.2) is 4.68 Å². The lowest BCUT2D eigenvalue weighted by Gasteiger charge is -2.33. The highest BCUT2D eigenvalue weighted by atomic mass is 32.2. The first-order chi connectivity index (χ1) is 12.1. The van der Waals surface area contributed by atoms with Crippen molar-refractivity contribution < 1.29 is 9.64 Å². The first-order valence-corrected chi connectivity index (χ1v) is 10.1. The van der Waals surface area contributed by atoms with Gasteiger partial charge in [0.15, 0.2) is 6.04 Å². The Bertz CT molecular complexity index is 696. The summed E-state index contributed by atoms with van der Waals surface area (Å²) in [4.78, 5) is 1.51. The second kappa shape index (κ2) is 7.74. The van der Waals surface area contributed by atoms with E-state index in [4.69, 9.17) is 4.74 Å². The SMILES string of the molecule is CCC(C)(C)n1nnnc1[C@@H](c1ccccc1OC)[NH+]1CCSCC1. The molecule has 1 fully saturated rings. The monoisotopic (exact) mass is 362 g/mol. The minimum absolute atomic E-state index is 0.0814. The van der Waals surface area contributed by atoms with Gasteiger partial charge in [-0.3, -0.25) is 0 Å². The zero-order valence-corrected chi connectivity index (χ0v) is 16.3. The molecule has 0 unspecified atom stereocenters. The van der Waals surface area contributed by atoms with Crippen molar-refractivity contribution in [1.29, 1.82) is 0 Å². The Balaban J connectivity index is 2.11. The van der Waals surface area contributed by atoms with Gasteiger partial charge in [-0.05, 0) is 42.8 Å². The summed E-state index contributed by atoms with van der Waals surface area (Å²) in [7, 11) is 1.73. The number of para-hydroxylation sites is 1. The molecular weight excluding hydrogens is 334 g/mol. The summed E-state index contributed by atoms with van der Waals surface area (Å²) in [5.74, 6) is 4.17. The van der Waals surface area contributed by atoms with Crippen molar-refractivity contribution in [3.63, 3.8) is 0 Å². The van der Waals surface area contributed by atoms with Crippen molar-refractivity contribution in [2.45, 2.75) is 38.8 Å². The summed E-state index contributed by atoms with van der Waals surface area (Å²) in [6.07, 6.45) is 0.967. The smallest absolute Gasteiger partial charge is 0.214 e. The molecule has 1 aliphatic heterocycles. The van der Waals surface area contributed by atoms with E-state index in [-0.39, 0.29) is 11.6 Å². The number of aromatic nitrogens is 4. The van der Waals surface area contributed by atoms with Crippen molar-refractivity contribution in [2.24, 2.45) is 0 Å². The Labute approximate surface area is 153 Å². The molecule has 1 aromatic carbocycles. The van der Waals surface area contributed by atoms with Gasteiger partial charge >= 0.3 is 0 Å². The van der Waals surface area contributed by atoms with E-state index in [1.807, 2.05) is 28.6 Å². The molecule has 7 heteroatoms. The lowest BCUT2D eigenvalue weighted by atomic mass is 9.99. The highest BCUT2D eigenvalue weighted by molar-refractivity contribution is 7.99. The highest BCUT2D eigenvalue weighted by Gasteiger charge is 2.37. The van der Waals surface area contributed by atoms with Crippen LogP contribution in [0, 0.1) is 0 Å². The number of methoxy groups -OCH3 is 1. The van der Waals surface area contributed by atoms with Crippen LogP contribution in [0.15, 0.2) is 24.3 Å². The Hall–Kier alpha value is -1.60. The van der Waals surface area contributed by atoms with Crippen LogP contribution in [0.4, 0.5) is 0 Å². The molecule has 1 N–H and O–H groups in total. The number of rotatable bonds is 6. The highest BCUT2D eigenvalue weighted by Crippen LogP contribution is 2.30. The standard InChI is InChI=1S/C18H27N5OS/c1-5-18(2,3)23-17(19-20-21-23)16(22-10-12-25-13-11-22)14-8-6-7-9-15(14)24-4/h6-9,16H,5,10-13H2,1-4H3/p+1/t16-/m1/s1. The molecule has 2 aromatic rings. The maximum absolute atomic E-state index is 5.67. The minimum atomic E-state index is -0.122. The number of quaternary nitrogens is 1. The second-order valence-corrected chi connectivity index (χ2v) is 8.29. The van der Waals surface area contributed by atoms with E-state index in [1.54, 1.807) is 7.11 Å². The van der Waals surface area contributed by atoms with Crippen molar-refractivity contribution >= 4 is 11.8 Å². The van der Waals surface area contributed by atoms with Crippen LogP contribution in [0.2, 0.25) is 0 Å². The van der Waals surface area contributed by atoms with E-state index in [2.05, 4.69) is 48.4 Å². The summed E-state index contributed by atoms with van der Waals surface area (Å²) in [6, 6.07) is 8.34. The van der Waals surface area contributed by atoms with Gasteiger partial charge in [-0.2, -0.15) is 11.8 Å². The summed E-state index contributed by atoms with van der Waals surface area (Å²) < 4.78 is 7.68. The van der Waals surface area contributed by atoms with Gasteiger partial charge in [-0.1, -0.05) is 19.1 Å². The first kappa shape index (κ1) is 18.2. The third-order valence-corrected chi connectivity index (χ3v) is 6.17. The number of benzene rings is 1. The lowest BCUT2D eigenvalue weighted by molar-refractivity contribution is -0.922. The normalized spacial score (nSPS) is 17.4. The third kappa shape index (κ3) is 3.67. The van der Waals surface area contributed by atoms with E-state index < -0.39 is 0 Å². The number of thioether (sulfide) groups is 1. The quantitative estimate of drug-likeness (QED) is 0.845. The molecule has 3 rings (SSSR count). The van der Waals surface area contributed by atoms with Gasteiger partial charge in [0.2, 0.25) is 5.82 Å². The molecule has 6 nitrogen and oxygen atoms in total. The molecule has 1 saturated heterocycles. The van der Waals surface area contributed by atoms with Gasteiger partial charge in [0, 0.05) is 11.5 Å². The second-order valence-electron chi connectivity index (χ2n) is 7.06. The Morgan fingerprint density at radius 1 is 1.28 bits per heavy atom. The van der Waals surface area contributed by atoms with Crippen LogP contribution >= 0.6 is 11.8 Å². The number of nitrogens with zero attached hydrogens (tertiary/aromatic N) is 4. The summed E-state index contributed by atoms with van der Waals surface area (Å²) in [5, 5.41) is 12.9. The van der Waals surface area contributed by atoms with Gasteiger partial charge in [-0.15, -0.1) is 5.10 Å². The molecule has 0 radical (unpaired) electrons. The first-order valence-electron chi connectivity index (χ1n) is 8.92. The van der Waals surface area contributed by atoms with Crippen molar-refractivity contribution in [3.05, 3.63) is 35.7 Å². The molecule has 2 heterocycles. The Kier molecular flexibility index (Phi) is 5.64. The van der Waals surface area contributed by atoms with Crippen molar-refractivity contribution in [2.75, 3.05) is 31.7 Å². The zero-order valence-electron chi connectivity index (χ0n) is 15.5. The number of nitrogens with one attached hydrogen (secondary N) is 1. The molecule has 25 heavy (non-hydrogen) atoms. The van der Waals surface area contributed by atoms with Crippen LogP contribution in [0.25, 0.3) is 0 Å². The van der Waals surface area contributed by atoms with Gasteiger partial charge in [0.05, 0.1) is 31.3 Å². The van der Waals surface area contributed by atoms with Crippen LogP contribution in [0.5, 0.6) is 5.75 Å². The number of tetrazole rings is 1. The molecular formula is C18H28N5OS+. The van der Waals surface area contributed by atoms with Gasteiger partial charge in [0.25, 0.3) is 0 Å². The average Bonchev–Trinajstić information content (AvgIpc) is 3.13. The number of hydrogen-bond acceptors (Lipinski definition) is 5. The number of hydrogen-bond donors (Lipinski definition) is 1. The maximum Gasteiger partial charge on any atom is 0.214 e. The molecule has 1 aliphatic rings. The fourth-order valence-electron chi connectivity index (χ4n) is 3.32. The lowest BCUT2D eigenvalue weighted by Crippen LogP contribution is -3.14. The molecule has 136 valence electrons. The fraction of sp³-hybridized carbons (Fsp3) is 0.611. The number of ether oxygens (including phenoxy) is 1. The topological polar surface area (TPSA) is 57.3 Å². The molecule has 0 spiro atoms. The summed E-state index contributed by atoms with van der Waals surface area (Å²) in [6.45, 7) is 8.76. The predicted molar refractivity (Wildman–Crippen MR) is 100 cm³/mol. The van der Waals surface area contributed by atoms with Crippen LogP contribution in [-0.4, -0.2) is 51.9 Å². The Morgan fingerprint density at radius 2 is 2.00 bits per heavy atom. The van der Waals surface area contributed by atoms with Crippen molar-refractivity contribution in [1.82, 2.24) is 20.2 Å². The largest absolute Gasteiger partial charge is 0.496 e. The summed E-state index contributed by atoms with van der Waals surface area (Å²) in [5.41, 5.74) is 1.04. The molecule has 0 aliphatic carbocycles. The van der Waals surface area contributed by atoms with Crippen LogP contribution in [-0.2, 0) is 5.54 Å².